The molecule has 3 N–H and O–H groups in total. The molecule has 2 rings (SSSR count). The first-order valence-electron chi connectivity index (χ1n) is 8.70. The number of anilines is 1. The Bertz CT molecular complexity index is 1090. The van der Waals surface area contributed by atoms with Crippen LogP contribution in [0.15, 0.2) is 38.9 Å². The summed E-state index contributed by atoms with van der Waals surface area (Å²) in [5.74, 6) is 0.189. The van der Waals surface area contributed by atoms with E-state index in [2.05, 4.69) is 5.32 Å². The minimum Gasteiger partial charge on any atom is -0.307 e. The predicted octanol–water partition coefficient (Wildman–Crippen LogP) is 1.83. The van der Waals surface area contributed by atoms with Crippen molar-refractivity contribution < 1.29 is 13.2 Å². The van der Waals surface area contributed by atoms with Crippen LogP contribution in [-0.4, -0.2) is 24.0 Å². The van der Waals surface area contributed by atoms with Gasteiger partial charge in [0.15, 0.2) is 4.90 Å². The summed E-state index contributed by atoms with van der Waals surface area (Å²) in [7, 11) is -3.20. The monoisotopic (exact) mass is 408 g/mol. The lowest BCUT2D eigenvalue weighted by molar-refractivity contribution is 0.256. The number of hydrogen-bond donors (Lipinski definition) is 3. The lowest BCUT2D eigenvalue weighted by atomic mass is 9.93. The van der Waals surface area contributed by atoms with Crippen molar-refractivity contribution in [3.8, 4) is 0 Å². The molecule has 152 valence electrons. The molecule has 0 aliphatic carbocycles. The highest BCUT2D eigenvalue weighted by molar-refractivity contribution is 7.90. The number of sulfonamides is 1. The Balaban J connectivity index is 2.39. The summed E-state index contributed by atoms with van der Waals surface area (Å²) in [5.41, 5.74) is 0.390. The second-order valence-corrected chi connectivity index (χ2v) is 8.69. The fourth-order valence-corrected chi connectivity index (χ4v) is 3.74. The Labute approximate surface area is 162 Å². The molecule has 0 saturated heterocycles. The first kappa shape index (κ1) is 21.4. The van der Waals surface area contributed by atoms with E-state index in [4.69, 9.17) is 0 Å². The molecule has 1 heterocycles. The van der Waals surface area contributed by atoms with Crippen molar-refractivity contribution in [1.82, 2.24) is 14.3 Å². The number of amides is 2. The molecule has 10 heteroatoms. The number of benzene rings is 1. The number of hydrogen-bond acceptors (Lipinski definition) is 5. The summed E-state index contributed by atoms with van der Waals surface area (Å²) in [6.07, 6.45) is 0.860. The summed E-state index contributed by atoms with van der Waals surface area (Å²) in [5, 5.41) is 2.60. The molecule has 0 atom stereocenters. The molecule has 28 heavy (non-hydrogen) atoms. The number of aryl methyl sites for hydroxylation is 1. The van der Waals surface area contributed by atoms with E-state index in [9.17, 15) is 22.8 Å². The third-order valence-corrected chi connectivity index (χ3v) is 5.53. The fraction of sp³-hybridized carbons (Fsp3) is 0.389. The number of carbonyl (C=O) groups is 1. The van der Waals surface area contributed by atoms with Crippen molar-refractivity contribution in [2.45, 2.75) is 44.4 Å². The van der Waals surface area contributed by atoms with Gasteiger partial charge in [0.05, 0.1) is 0 Å². The maximum atomic E-state index is 12.4. The standard InChI is InChI=1S/C18H24N4O5S/c1-10(2)12-7-6-8-13(11(3)4)15(12)19-17(24)21-28(26,27)14-9-22(5)18(25)20-16(14)23/h6-11H,1-5H3,(H2,19,21,24)(H,20,23,25). The van der Waals surface area contributed by atoms with Crippen LogP contribution in [0, 0.1) is 0 Å². The van der Waals surface area contributed by atoms with Gasteiger partial charge in [0.2, 0.25) is 0 Å². The number of urea groups is 1. The van der Waals surface area contributed by atoms with E-state index in [0.717, 1.165) is 21.9 Å². The van der Waals surface area contributed by atoms with Crippen LogP contribution in [0.1, 0.15) is 50.7 Å². The lowest BCUT2D eigenvalue weighted by Gasteiger charge is -2.20. The number of rotatable bonds is 5. The Kier molecular flexibility index (Phi) is 6.13. The van der Waals surface area contributed by atoms with Gasteiger partial charge < -0.3 is 9.88 Å². The summed E-state index contributed by atoms with van der Waals surface area (Å²) < 4.78 is 27.6. The summed E-state index contributed by atoms with van der Waals surface area (Å²) in [6, 6.07) is 4.61. The van der Waals surface area contributed by atoms with Crippen LogP contribution in [0.5, 0.6) is 0 Å². The number of H-pyrrole nitrogens is 1. The maximum Gasteiger partial charge on any atom is 0.333 e. The van der Waals surface area contributed by atoms with Crippen molar-refractivity contribution in [2.75, 3.05) is 5.32 Å². The van der Waals surface area contributed by atoms with E-state index < -0.39 is 32.2 Å². The van der Waals surface area contributed by atoms with Crippen LogP contribution in [0.25, 0.3) is 0 Å². The molecule has 0 unspecified atom stereocenters. The fourth-order valence-electron chi connectivity index (χ4n) is 2.74. The van der Waals surface area contributed by atoms with Gasteiger partial charge in [-0.2, -0.15) is 0 Å². The predicted molar refractivity (Wildman–Crippen MR) is 106 cm³/mol. The third-order valence-electron chi connectivity index (χ3n) is 4.20. The number of nitrogens with zero attached hydrogens (tertiary/aromatic N) is 1. The van der Waals surface area contributed by atoms with Crippen LogP contribution in [0.4, 0.5) is 10.5 Å². The van der Waals surface area contributed by atoms with Gasteiger partial charge in [-0.1, -0.05) is 45.9 Å². The molecule has 1 aromatic heterocycles. The molecular weight excluding hydrogens is 384 g/mol. The molecule has 0 aliphatic rings. The molecule has 0 radical (unpaired) electrons. The second-order valence-electron chi connectivity index (χ2n) is 7.04. The van der Waals surface area contributed by atoms with Gasteiger partial charge in [-0.25, -0.2) is 22.7 Å². The van der Waals surface area contributed by atoms with Gasteiger partial charge in [0, 0.05) is 18.9 Å². The normalized spacial score (nSPS) is 11.7. The molecule has 0 spiro atoms. The van der Waals surface area contributed by atoms with Crippen molar-refractivity contribution in [1.29, 1.82) is 0 Å². The third kappa shape index (κ3) is 4.50. The number of nitrogens with one attached hydrogen (secondary N) is 3. The first-order valence-corrected chi connectivity index (χ1v) is 10.2. The maximum absolute atomic E-state index is 12.4. The summed E-state index contributed by atoms with van der Waals surface area (Å²) in [6.45, 7) is 7.85. The molecule has 1 aromatic carbocycles. The van der Waals surface area contributed by atoms with E-state index in [0.29, 0.717) is 5.69 Å². The highest BCUT2D eigenvalue weighted by Crippen LogP contribution is 2.32. The molecule has 9 nitrogen and oxygen atoms in total. The smallest absolute Gasteiger partial charge is 0.307 e. The average Bonchev–Trinajstić information content (AvgIpc) is 2.57. The highest BCUT2D eigenvalue weighted by atomic mass is 32.2. The molecular formula is C18H24N4O5S. The van der Waals surface area contributed by atoms with E-state index in [1.807, 2.05) is 55.6 Å². The van der Waals surface area contributed by atoms with Crippen molar-refractivity contribution in [3.05, 3.63) is 56.4 Å². The van der Waals surface area contributed by atoms with E-state index in [-0.39, 0.29) is 11.8 Å². The van der Waals surface area contributed by atoms with E-state index in [1.165, 1.54) is 7.05 Å². The van der Waals surface area contributed by atoms with Gasteiger partial charge in [-0.15, -0.1) is 0 Å². The van der Waals surface area contributed by atoms with Crippen molar-refractivity contribution >= 4 is 21.7 Å². The molecule has 2 amide bonds. The molecule has 0 aliphatic heterocycles. The van der Waals surface area contributed by atoms with Gasteiger partial charge in [0.25, 0.3) is 15.6 Å². The topological polar surface area (TPSA) is 130 Å². The van der Waals surface area contributed by atoms with Crippen molar-refractivity contribution in [2.24, 2.45) is 7.05 Å². The van der Waals surface area contributed by atoms with Crippen LogP contribution in [-0.2, 0) is 17.1 Å². The summed E-state index contributed by atoms with van der Waals surface area (Å²) >= 11 is 0. The van der Waals surface area contributed by atoms with Crippen LogP contribution < -0.4 is 21.3 Å². The second kappa shape index (κ2) is 8.01. The molecule has 2 aromatic rings. The van der Waals surface area contributed by atoms with Gasteiger partial charge >= 0.3 is 11.7 Å². The highest BCUT2D eigenvalue weighted by Gasteiger charge is 2.24. The van der Waals surface area contributed by atoms with Gasteiger partial charge in [-0.3, -0.25) is 9.78 Å². The molecule has 0 saturated carbocycles. The Morgan fingerprint density at radius 1 is 1.07 bits per heavy atom. The first-order chi connectivity index (χ1) is 12.9. The minimum atomic E-state index is -4.48. The lowest BCUT2D eigenvalue weighted by Crippen LogP contribution is -2.40. The Morgan fingerprint density at radius 3 is 2.11 bits per heavy atom. The van der Waals surface area contributed by atoms with Gasteiger partial charge in [-0.05, 0) is 23.0 Å². The number of aromatic amines is 1. The summed E-state index contributed by atoms with van der Waals surface area (Å²) in [4.78, 5) is 36.8. The Hall–Kier alpha value is -2.88. The Morgan fingerprint density at radius 2 is 1.61 bits per heavy atom. The largest absolute Gasteiger partial charge is 0.333 e. The number of para-hydroxylation sites is 1. The number of carbonyl (C=O) groups excluding carboxylic acids is 1. The average molecular weight is 408 g/mol. The zero-order valence-electron chi connectivity index (χ0n) is 16.4. The quantitative estimate of drug-likeness (QED) is 0.695. The minimum absolute atomic E-state index is 0.0945. The zero-order chi connectivity index (χ0) is 21.2. The van der Waals surface area contributed by atoms with Crippen LogP contribution >= 0.6 is 0 Å². The molecule has 0 fully saturated rings. The van der Waals surface area contributed by atoms with Gasteiger partial charge in [0.1, 0.15) is 0 Å². The van der Waals surface area contributed by atoms with E-state index in [1.54, 1.807) is 0 Å². The van der Waals surface area contributed by atoms with Crippen LogP contribution in [0.2, 0.25) is 0 Å². The molecule has 0 bridgehead atoms. The number of aromatic nitrogens is 2. The SMILES string of the molecule is CC(C)c1cccc(C(C)C)c1NC(=O)NS(=O)(=O)c1cn(C)c(=O)[nH]c1=O. The van der Waals surface area contributed by atoms with E-state index >= 15 is 0 Å². The van der Waals surface area contributed by atoms with Crippen molar-refractivity contribution in [3.63, 3.8) is 0 Å². The van der Waals surface area contributed by atoms with Crippen LogP contribution in [0.3, 0.4) is 0 Å². The zero-order valence-corrected chi connectivity index (χ0v) is 17.2.